The lowest BCUT2D eigenvalue weighted by molar-refractivity contribution is 0.223. The zero-order chi connectivity index (χ0) is 9.10. The molecule has 0 spiro atoms. The molecule has 0 bridgehead atoms. The van der Waals surface area contributed by atoms with Crippen LogP contribution in [0.25, 0.3) is 0 Å². The summed E-state index contributed by atoms with van der Waals surface area (Å²) in [7, 11) is 0. The molecular weight excluding hydrogens is 178 g/mol. The Kier molecular flexibility index (Phi) is 3.33. The minimum atomic E-state index is 0.761. The molecule has 2 unspecified atom stereocenters. The molecule has 74 valence electrons. The van der Waals surface area contributed by atoms with Gasteiger partial charge in [0.25, 0.3) is 0 Å². The van der Waals surface area contributed by atoms with Crippen LogP contribution in [0.2, 0.25) is 0 Å². The van der Waals surface area contributed by atoms with Crippen LogP contribution in [0.4, 0.5) is 0 Å². The third kappa shape index (κ3) is 2.50. The summed E-state index contributed by atoms with van der Waals surface area (Å²) < 4.78 is 0. The fourth-order valence-electron chi connectivity index (χ4n) is 2.25. The Morgan fingerprint density at radius 1 is 1.46 bits per heavy atom. The molecule has 0 radical (unpaired) electrons. The van der Waals surface area contributed by atoms with Crippen LogP contribution >= 0.6 is 11.8 Å². The van der Waals surface area contributed by atoms with E-state index >= 15 is 0 Å². The lowest BCUT2D eigenvalue weighted by Crippen LogP contribution is -2.43. The van der Waals surface area contributed by atoms with Gasteiger partial charge in [0.2, 0.25) is 0 Å². The highest BCUT2D eigenvalue weighted by Crippen LogP contribution is 2.23. The Balaban J connectivity index is 1.91. The normalized spacial score (nSPS) is 36.4. The van der Waals surface area contributed by atoms with Gasteiger partial charge in [-0.3, -0.25) is 4.90 Å². The molecule has 1 nitrogen and oxygen atoms in total. The van der Waals surface area contributed by atoms with Crippen molar-refractivity contribution in [2.45, 2.75) is 37.5 Å². The molecule has 0 saturated carbocycles. The lowest BCUT2D eigenvalue weighted by atomic mass is 10.0. The van der Waals surface area contributed by atoms with E-state index in [9.17, 15) is 0 Å². The summed E-state index contributed by atoms with van der Waals surface area (Å²) in [5, 5.41) is 0.837. The first-order valence-electron chi connectivity index (χ1n) is 5.38. The van der Waals surface area contributed by atoms with Crippen LogP contribution in [0, 0.1) is 0 Å². The van der Waals surface area contributed by atoms with Gasteiger partial charge in [-0.25, -0.2) is 0 Å². The predicted octanol–water partition coefficient (Wildman–Crippen LogP) is 2.53. The Bertz CT molecular complexity index is 191. The number of hydrogen-bond donors (Lipinski definition) is 0. The molecule has 13 heavy (non-hydrogen) atoms. The number of allylic oxidation sites excluding steroid dienone is 1. The van der Waals surface area contributed by atoms with E-state index in [2.05, 4.69) is 35.7 Å². The van der Waals surface area contributed by atoms with Crippen LogP contribution in [0.3, 0.4) is 0 Å². The summed E-state index contributed by atoms with van der Waals surface area (Å²) in [6.07, 6.45) is 8.86. The second kappa shape index (κ2) is 4.52. The molecule has 0 aromatic rings. The zero-order valence-corrected chi connectivity index (χ0v) is 9.22. The number of thioether (sulfide) groups is 1. The maximum atomic E-state index is 2.66. The van der Waals surface area contributed by atoms with Gasteiger partial charge in [-0.05, 0) is 19.3 Å². The minimum Gasteiger partial charge on any atom is -0.295 e. The largest absolute Gasteiger partial charge is 0.295 e. The van der Waals surface area contributed by atoms with E-state index in [1.54, 1.807) is 0 Å². The highest BCUT2D eigenvalue weighted by molar-refractivity contribution is 7.99. The fourth-order valence-corrected chi connectivity index (χ4v) is 3.28. The molecule has 1 saturated heterocycles. The number of nitrogens with zero attached hydrogens (tertiary/aromatic N) is 1. The molecule has 0 aromatic heterocycles. The summed E-state index contributed by atoms with van der Waals surface area (Å²) in [6.45, 7) is 4.94. The third-order valence-electron chi connectivity index (χ3n) is 2.97. The van der Waals surface area contributed by atoms with E-state index in [-0.39, 0.29) is 0 Å². The smallest absolute Gasteiger partial charge is 0.0279 e. The SMILES string of the molecule is CC1CN(C2C=CCCC2)CCS1. The van der Waals surface area contributed by atoms with Crippen molar-refractivity contribution < 1.29 is 0 Å². The van der Waals surface area contributed by atoms with Crippen LogP contribution in [0.5, 0.6) is 0 Å². The van der Waals surface area contributed by atoms with Crippen LogP contribution in [0.15, 0.2) is 12.2 Å². The predicted molar refractivity (Wildman–Crippen MR) is 60.3 cm³/mol. The zero-order valence-electron chi connectivity index (χ0n) is 8.41. The van der Waals surface area contributed by atoms with Gasteiger partial charge in [-0.1, -0.05) is 19.1 Å². The maximum absolute atomic E-state index is 2.66. The quantitative estimate of drug-likeness (QED) is 0.594. The van der Waals surface area contributed by atoms with Crippen LogP contribution in [-0.2, 0) is 0 Å². The van der Waals surface area contributed by atoms with Gasteiger partial charge in [0.05, 0.1) is 0 Å². The monoisotopic (exact) mass is 197 g/mol. The van der Waals surface area contributed by atoms with Gasteiger partial charge in [0, 0.05) is 30.1 Å². The topological polar surface area (TPSA) is 3.24 Å². The molecule has 1 fully saturated rings. The first-order valence-corrected chi connectivity index (χ1v) is 6.43. The molecule has 2 rings (SSSR count). The van der Waals surface area contributed by atoms with Crippen molar-refractivity contribution in [3.05, 3.63) is 12.2 Å². The van der Waals surface area contributed by atoms with Gasteiger partial charge in [0.15, 0.2) is 0 Å². The second-order valence-corrected chi connectivity index (χ2v) is 5.65. The van der Waals surface area contributed by atoms with Crippen molar-refractivity contribution >= 4 is 11.8 Å². The molecule has 2 atom stereocenters. The van der Waals surface area contributed by atoms with Crippen LogP contribution in [-0.4, -0.2) is 35.0 Å². The number of hydrogen-bond acceptors (Lipinski definition) is 2. The summed E-state index contributed by atoms with van der Waals surface area (Å²) in [4.78, 5) is 2.66. The van der Waals surface area contributed by atoms with Crippen molar-refractivity contribution in [3.8, 4) is 0 Å². The first-order chi connectivity index (χ1) is 6.36. The van der Waals surface area contributed by atoms with E-state index in [0.29, 0.717) is 0 Å². The van der Waals surface area contributed by atoms with Crippen molar-refractivity contribution in [3.63, 3.8) is 0 Å². The molecule has 1 heterocycles. The molecule has 0 amide bonds. The summed E-state index contributed by atoms with van der Waals surface area (Å²) >= 11 is 2.12. The molecule has 1 aliphatic heterocycles. The summed E-state index contributed by atoms with van der Waals surface area (Å²) in [5.41, 5.74) is 0. The molecule has 1 aliphatic carbocycles. The van der Waals surface area contributed by atoms with E-state index < -0.39 is 0 Å². The average molecular weight is 197 g/mol. The first kappa shape index (κ1) is 9.60. The van der Waals surface area contributed by atoms with Gasteiger partial charge in [0.1, 0.15) is 0 Å². The van der Waals surface area contributed by atoms with Gasteiger partial charge in [-0.2, -0.15) is 11.8 Å². The second-order valence-electron chi connectivity index (χ2n) is 4.10. The van der Waals surface area contributed by atoms with E-state index in [4.69, 9.17) is 0 Å². The van der Waals surface area contributed by atoms with Crippen molar-refractivity contribution in [2.24, 2.45) is 0 Å². The van der Waals surface area contributed by atoms with Gasteiger partial charge in [-0.15, -0.1) is 0 Å². The Hall–Kier alpha value is 0.0500. The summed E-state index contributed by atoms with van der Waals surface area (Å²) in [5.74, 6) is 1.32. The van der Waals surface area contributed by atoms with Crippen molar-refractivity contribution in [1.29, 1.82) is 0 Å². The Morgan fingerprint density at radius 3 is 3.08 bits per heavy atom. The van der Waals surface area contributed by atoms with Crippen LogP contribution < -0.4 is 0 Å². The van der Waals surface area contributed by atoms with Gasteiger partial charge < -0.3 is 0 Å². The fraction of sp³-hybridized carbons (Fsp3) is 0.818. The van der Waals surface area contributed by atoms with Gasteiger partial charge >= 0.3 is 0 Å². The van der Waals surface area contributed by atoms with E-state index in [1.807, 2.05) is 0 Å². The Labute approximate surface area is 85.6 Å². The third-order valence-corrected chi connectivity index (χ3v) is 4.11. The van der Waals surface area contributed by atoms with E-state index in [1.165, 1.54) is 38.1 Å². The maximum Gasteiger partial charge on any atom is 0.0279 e. The van der Waals surface area contributed by atoms with Crippen molar-refractivity contribution in [1.82, 2.24) is 4.90 Å². The summed E-state index contributed by atoms with van der Waals surface area (Å²) in [6, 6.07) is 0.761. The minimum absolute atomic E-state index is 0.761. The van der Waals surface area contributed by atoms with E-state index in [0.717, 1.165) is 11.3 Å². The molecule has 0 aromatic carbocycles. The average Bonchev–Trinajstić information content (AvgIpc) is 2.19. The van der Waals surface area contributed by atoms with Crippen LogP contribution in [0.1, 0.15) is 26.2 Å². The molecule has 0 N–H and O–H groups in total. The lowest BCUT2D eigenvalue weighted by Gasteiger charge is -2.36. The Morgan fingerprint density at radius 2 is 2.38 bits per heavy atom. The highest BCUT2D eigenvalue weighted by atomic mass is 32.2. The standard InChI is InChI=1S/C11H19NS/c1-10-9-12(7-8-13-10)11-5-3-2-4-6-11/h3,5,10-11H,2,4,6-9H2,1H3. The molecule has 2 aliphatic rings. The molecular formula is C11H19NS. The van der Waals surface area contributed by atoms with Crippen molar-refractivity contribution in [2.75, 3.05) is 18.8 Å². The number of rotatable bonds is 1. The highest BCUT2D eigenvalue weighted by Gasteiger charge is 2.22. The molecule has 2 heteroatoms.